The number of carboxylic acid groups (broad SMARTS) is 1. The molecule has 2 aromatic carbocycles. The lowest BCUT2D eigenvalue weighted by Crippen LogP contribution is -2.26. The molecule has 0 amide bonds. The number of rotatable bonds is 10. The first kappa shape index (κ1) is 24.6. The number of ether oxygens (including phenoxy) is 2. The van der Waals surface area contributed by atoms with E-state index in [1.165, 1.54) is 0 Å². The summed E-state index contributed by atoms with van der Waals surface area (Å²) in [4.78, 5) is 22.6. The van der Waals surface area contributed by atoms with E-state index < -0.39 is 12.1 Å². The first-order chi connectivity index (χ1) is 16.9. The summed E-state index contributed by atoms with van der Waals surface area (Å²) in [6, 6.07) is 19.7. The standard InChI is InChI=1S/C28H28N2O4S/c1-4-33-24(28(31)32)15-20-10-12-23(13-11-20)34-19(3)26-18(2)14-25(35-26)27-29-16-22(17-30-27)21-8-6-5-7-9-21/h5-14,16-17,19,24H,4,15H2,1-3H3,(H,31,32). The lowest BCUT2D eigenvalue weighted by Gasteiger charge is -2.16. The second-order valence-corrected chi connectivity index (χ2v) is 9.29. The van der Waals surface area contributed by atoms with Crippen molar-refractivity contribution in [2.45, 2.75) is 39.4 Å². The van der Waals surface area contributed by atoms with Gasteiger partial charge in [0.05, 0.1) is 4.88 Å². The Morgan fingerprint density at radius 3 is 2.34 bits per heavy atom. The van der Waals surface area contributed by atoms with Gasteiger partial charge in [0, 0.05) is 35.9 Å². The van der Waals surface area contributed by atoms with Crippen LogP contribution in [0.1, 0.15) is 36.0 Å². The van der Waals surface area contributed by atoms with E-state index in [2.05, 4.69) is 23.0 Å². The number of thiophene rings is 1. The van der Waals surface area contributed by atoms with E-state index in [1.807, 2.05) is 73.9 Å². The fourth-order valence-electron chi connectivity index (χ4n) is 3.84. The topological polar surface area (TPSA) is 81.5 Å². The zero-order chi connectivity index (χ0) is 24.8. The smallest absolute Gasteiger partial charge is 0.333 e. The molecule has 0 fully saturated rings. The average molecular weight is 489 g/mol. The summed E-state index contributed by atoms with van der Waals surface area (Å²) in [5.41, 5.74) is 4.09. The Bertz CT molecular complexity index is 1250. The minimum Gasteiger partial charge on any atom is -0.485 e. The van der Waals surface area contributed by atoms with Gasteiger partial charge < -0.3 is 14.6 Å². The summed E-state index contributed by atoms with van der Waals surface area (Å²) in [7, 11) is 0. The van der Waals surface area contributed by atoms with Gasteiger partial charge in [0.15, 0.2) is 11.9 Å². The zero-order valence-electron chi connectivity index (χ0n) is 20.0. The molecule has 0 aliphatic carbocycles. The first-order valence-corrected chi connectivity index (χ1v) is 12.3. The molecule has 2 heterocycles. The van der Waals surface area contributed by atoms with Crippen LogP contribution < -0.4 is 4.74 Å². The van der Waals surface area contributed by atoms with Crippen molar-refractivity contribution in [3.63, 3.8) is 0 Å². The maximum Gasteiger partial charge on any atom is 0.333 e. The van der Waals surface area contributed by atoms with Crippen LogP contribution in [0.15, 0.2) is 73.1 Å². The summed E-state index contributed by atoms with van der Waals surface area (Å²) in [5, 5.41) is 9.28. The number of nitrogens with zero attached hydrogens (tertiary/aromatic N) is 2. The third-order valence-electron chi connectivity index (χ3n) is 5.61. The van der Waals surface area contributed by atoms with Crippen LogP contribution in [0, 0.1) is 6.92 Å². The molecule has 0 aliphatic rings. The van der Waals surface area contributed by atoms with Crippen LogP contribution in [0.25, 0.3) is 21.8 Å². The van der Waals surface area contributed by atoms with Gasteiger partial charge in [-0.05, 0) is 55.7 Å². The third-order valence-corrected chi connectivity index (χ3v) is 7.00. The van der Waals surface area contributed by atoms with Crippen molar-refractivity contribution in [1.82, 2.24) is 9.97 Å². The average Bonchev–Trinajstić information content (AvgIpc) is 3.27. The van der Waals surface area contributed by atoms with Crippen LogP contribution in [0.4, 0.5) is 0 Å². The Kier molecular flexibility index (Phi) is 7.90. The van der Waals surface area contributed by atoms with E-state index in [9.17, 15) is 9.90 Å². The highest BCUT2D eigenvalue weighted by atomic mass is 32.1. The Morgan fingerprint density at radius 1 is 1.03 bits per heavy atom. The maximum absolute atomic E-state index is 11.3. The Labute approximate surface area is 209 Å². The zero-order valence-corrected chi connectivity index (χ0v) is 20.8. The molecule has 2 aromatic heterocycles. The molecule has 0 radical (unpaired) electrons. The molecule has 2 unspecified atom stereocenters. The number of hydrogen-bond acceptors (Lipinski definition) is 6. The summed E-state index contributed by atoms with van der Waals surface area (Å²) < 4.78 is 11.5. The van der Waals surface area contributed by atoms with Gasteiger partial charge in [0.25, 0.3) is 0 Å². The van der Waals surface area contributed by atoms with Crippen LogP contribution in [0.2, 0.25) is 0 Å². The van der Waals surface area contributed by atoms with Crippen molar-refractivity contribution in [2.24, 2.45) is 0 Å². The number of carbonyl (C=O) groups is 1. The quantitative estimate of drug-likeness (QED) is 0.280. The van der Waals surface area contributed by atoms with E-state index in [-0.39, 0.29) is 6.10 Å². The molecule has 35 heavy (non-hydrogen) atoms. The van der Waals surface area contributed by atoms with Crippen molar-refractivity contribution >= 4 is 17.3 Å². The van der Waals surface area contributed by atoms with Crippen LogP contribution in [-0.2, 0) is 16.0 Å². The van der Waals surface area contributed by atoms with Gasteiger partial charge >= 0.3 is 5.97 Å². The predicted molar refractivity (Wildman–Crippen MR) is 138 cm³/mol. The monoisotopic (exact) mass is 488 g/mol. The fourth-order valence-corrected chi connectivity index (χ4v) is 4.94. The van der Waals surface area contributed by atoms with Gasteiger partial charge in [0.2, 0.25) is 0 Å². The highest BCUT2D eigenvalue weighted by molar-refractivity contribution is 7.15. The molecule has 1 N–H and O–H groups in total. The summed E-state index contributed by atoms with van der Waals surface area (Å²) in [6.07, 6.45) is 3.03. The number of aliphatic carboxylic acids is 1. The molecule has 6 nitrogen and oxygen atoms in total. The van der Waals surface area contributed by atoms with Crippen LogP contribution in [0.3, 0.4) is 0 Å². The molecule has 0 saturated carbocycles. The minimum absolute atomic E-state index is 0.154. The van der Waals surface area contributed by atoms with Crippen molar-refractivity contribution < 1.29 is 19.4 Å². The van der Waals surface area contributed by atoms with Gasteiger partial charge in [0.1, 0.15) is 11.9 Å². The van der Waals surface area contributed by atoms with Crippen molar-refractivity contribution in [1.29, 1.82) is 0 Å². The molecule has 0 spiro atoms. The van der Waals surface area contributed by atoms with E-state index in [0.29, 0.717) is 18.9 Å². The summed E-state index contributed by atoms with van der Waals surface area (Å²) >= 11 is 1.63. The molecular weight excluding hydrogens is 460 g/mol. The molecule has 2 atom stereocenters. The second-order valence-electron chi connectivity index (χ2n) is 8.21. The Hall–Kier alpha value is -3.55. The van der Waals surface area contributed by atoms with Crippen LogP contribution in [-0.4, -0.2) is 33.8 Å². The predicted octanol–water partition coefficient (Wildman–Crippen LogP) is 6.35. The maximum atomic E-state index is 11.3. The highest BCUT2D eigenvalue weighted by Crippen LogP contribution is 2.35. The molecule has 4 aromatic rings. The van der Waals surface area contributed by atoms with Crippen LogP contribution >= 0.6 is 11.3 Å². The number of carboxylic acids is 1. The summed E-state index contributed by atoms with van der Waals surface area (Å²) in [5.74, 6) is 0.466. The molecule has 4 rings (SSSR count). The SMILES string of the molecule is CCOC(Cc1ccc(OC(C)c2sc(-c3ncc(-c4ccccc4)cn3)cc2C)cc1)C(=O)O. The van der Waals surface area contributed by atoms with Crippen molar-refractivity contribution in [2.75, 3.05) is 6.61 Å². The van der Waals surface area contributed by atoms with Crippen molar-refractivity contribution in [3.8, 4) is 27.6 Å². The molecule has 0 saturated heterocycles. The Morgan fingerprint density at radius 2 is 1.71 bits per heavy atom. The molecule has 0 aliphatic heterocycles. The van der Waals surface area contributed by atoms with Gasteiger partial charge in [-0.15, -0.1) is 11.3 Å². The lowest BCUT2D eigenvalue weighted by molar-refractivity contribution is -0.149. The van der Waals surface area contributed by atoms with Gasteiger partial charge in [-0.3, -0.25) is 0 Å². The lowest BCUT2D eigenvalue weighted by atomic mass is 10.1. The molecule has 0 bridgehead atoms. The number of benzene rings is 2. The Balaban J connectivity index is 1.43. The summed E-state index contributed by atoms with van der Waals surface area (Å²) in [6.45, 7) is 6.24. The van der Waals surface area contributed by atoms with Crippen molar-refractivity contribution in [3.05, 3.63) is 89.1 Å². The number of aryl methyl sites for hydroxylation is 1. The van der Waals surface area contributed by atoms with E-state index in [0.717, 1.165) is 37.8 Å². The number of hydrogen-bond donors (Lipinski definition) is 1. The van der Waals surface area contributed by atoms with Gasteiger partial charge in [-0.25, -0.2) is 14.8 Å². The number of aromatic nitrogens is 2. The van der Waals surface area contributed by atoms with E-state index in [4.69, 9.17) is 9.47 Å². The molecule has 180 valence electrons. The van der Waals surface area contributed by atoms with E-state index in [1.54, 1.807) is 18.3 Å². The van der Waals surface area contributed by atoms with Gasteiger partial charge in [-0.1, -0.05) is 42.5 Å². The highest BCUT2D eigenvalue weighted by Gasteiger charge is 2.19. The second kappa shape index (κ2) is 11.3. The first-order valence-electron chi connectivity index (χ1n) is 11.5. The van der Waals surface area contributed by atoms with E-state index >= 15 is 0 Å². The fraction of sp³-hybridized carbons (Fsp3) is 0.250. The van der Waals surface area contributed by atoms with Gasteiger partial charge in [-0.2, -0.15) is 0 Å². The minimum atomic E-state index is -0.955. The van der Waals surface area contributed by atoms with Crippen LogP contribution in [0.5, 0.6) is 5.75 Å². The molecular formula is C28H28N2O4S. The molecule has 7 heteroatoms. The normalized spacial score (nSPS) is 12.8. The largest absolute Gasteiger partial charge is 0.485 e. The third kappa shape index (κ3) is 6.12.